The number of carbonyl (C=O) groups is 1. The Morgan fingerprint density at radius 1 is 1.19 bits per heavy atom. The number of aromatic nitrogens is 5. The Morgan fingerprint density at radius 3 is 2.72 bits per heavy atom. The zero-order chi connectivity index (χ0) is 21.9. The molecule has 3 aromatic heterocycles. The highest BCUT2D eigenvalue weighted by Crippen LogP contribution is 2.48. The van der Waals surface area contributed by atoms with Crippen LogP contribution in [0.2, 0.25) is 0 Å². The Hall–Kier alpha value is -3.75. The molecule has 6 rings (SSSR count). The molecule has 4 heterocycles. The van der Waals surface area contributed by atoms with Gasteiger partial charge >= 0.3 is 0 Å². The van der Waals surface area contributed by atoms with Crippen molar-refractivity contribution in [3.05, 3.63) is 42.9 Å². The monoisotopic (exact) mass is 429 g/mol. The van der Waals surface area contributed by atoms with E-state index in [0.29, 0.717) is 11.8 Å². The minimum Gasteiger partial charge on any atom is -0.479 e. The second-order valence-electron chi connectivity index (χ2n) is 8.62. The van der Waals surface area contributed by atoms with Gasteiger partial charge in [-0.2, -0.15) is 4.98 Å². The average Bonchev–Trinajstić information content (AvgIpc) is 3.17. The van der Waals surface area contributed by atoms with Crippen LogP contribution >= 0.6 is 0 Å². The lowest BCUT2D eigenvalue weighted by molar-refractivity contribution is -0.154. The zero-order valence-electron chi connectivity index (χ0n) is 17.9. The van der Waals surface area contributed by atoms with Gasteiger partial charge in [0.05, 0.1) is 18.1 Å². The van der Waals surface area contributed by atoms with Gasteiger partial charge in [-0.15, -0.1) is 5.10 Å². The number of nitrogens with zero attached hydrogens (tertiary/aromatic N) is 6. The molecule has 1 spiro atoms. The molecule has 1 saturated carbocycles. The Kier molecular flexibility index (Phi) is 4.08. The Labute approximate surface area is 184 Å². The van der Waals surface area contributed by atoms with Crippen LogP contribution in [0.5, 0.6) is 5.88 Å². The second kappa shape index (κ2) is 6.88. The van der Waals surface area contributed by atoms with E-state index in [1.165, 1.54) is 0 Å². The predicted molar refractivity (Wildman–Crippen MR) is 119 cm³/mol. The van der Waals surface area contributed by atoms with Crippen LogP contribution in [-0.2, 0) is 4.79 Å². The van der Waals surface area contributed by atoms with E-state index < -0.39 is 0 Å². The summed E-state index contributed by atoms with van der Waals surface area (Å²) in [6.45, 7) is 2.51. The molecule has 9 heteroatoms. The first kappa shape index (κ1) is 19.0. The van der Waals surface area contributed by atoms with Crippen molar-refractivity contribution in [2.24, 2.45) is 0 Å². The SMILES string of the molecule is COc1nc(N[C@H]2C[C@]3(CCN3C(C)=O)C2)nn2ccc(-c3ccc4nccnc4c3)c12. The van der Waals surface area contributed by atoms with Crippen molar-refractivity contribution in [2.75, 3.05) is 19.0 Å². The number of carbonyl (C=O) groups excluding carboxylic acids is 1. The van der Waals surface area contributed by atoms with Crippen molar-refractivity contribution in [3.8, 4) is 17.0 Å². The van der Waals surface area contributed by atoms with E-state index in [1.807, 2.05) is 35.4 Å². The first-order chi connectivity index (χ1) is 15.6. The summed E-state index contributed by atoms with van der Waals surface area (Å²) in [7, 11) is 1.62. The van der Waals surface area contributed by atoms with Gasteiger partial charge in [0.25, 0.3) is 0 Å². The van der Waals surface area contributed by atoms with E-state index in [2.05, 4.69) is 25.4 Å². The molecular weight excluding hydrogens is 406 g/mol. The van der Waals surface area contributed by atoms with Crippen LogP contribution < -0.4 is 10.1 Å². The van der Waals surface area contributed by atoms with Crippen molar-refractivity contribution in [2.45, 2.75) is 37.8 Å². The van der Waals surface area contributed by atoms with Crippen molar-refractivity contribution in [1.82, 2.24) is 29.5 Å². The van der Waals surface area contributed by atoms with E-state index in [0.717, 1.165) is 53.5 Å². The van der Waals surface area contributed by atoms with E-state index in [-0.39, 0.29) is 17.5 Å². The van der Waals surface area contributed by atoms with Gasteiger partial charge in [0.1, 0.15) is 5.52 Å². The minimum atomic E-state index is 0.0390. The van der Waals surface area contributed by atoms with Crippen molar-refractivity contribution in [3.63, 3.8) is 0 Å². The molecule has 162 valence electrons. The number of rotatable bonds is 4. The summed E-state index contributed by atoms with van der Waals surface area (Å²) in [5, 5.41) is 8.09. The highest BCUT2D eigenvalue weighted by atomic mass is 16.5. The summed E-state index contributed by atoms with van der Waals surface area (Å²) in [5.41, 5.74) is 4.48. The van der Waals surface area contributed by atoms with E-state index in [9.17, 15) is 4.79 Å². The van der Waals surface area contributed by atoms with Gasteiger partial charge in [-0.3, -0.25) is 14.8 Å². The van der Waals surface area contributed by atoms with Gasteiger partial charge < -0.3 is 15.0 Å². The number of hydrogen-bond acceptors (Lipinski definition) is 7. The van der Waals surface area contributed by atoms with Gasteiger partial charge in [0, 0.05) is 49.2 Å². The molecule has 9 nitrogen and oxygen atoms in total. The van der Waals surface area contributed by atoms with Crippen molar-refractivity contribution in [1.29, 1.82) is 0 Å². The Morgan fingerprint density at radius 2 is 2.00 bits per heavy atom. The first-order valence-electron chi connectivity index (χ1n) is 10.8. The van der Waals surface area contributed by atoms with Crippen LogP contribution in [0.3, 0.4) is 0 Å². The smallest absolute Gasteiger partial charge is 0.244 e. The first-order valence-corrected chi connectivity index (χ1v) is 10.8. The lowest BCUT2D eigenvalue weighted by Crippen LogP contribution is -2.70. The molecule has 1 saturated heterocycles. The highest BCUT2D eigenvalue weighted by Gasteiger charge is 2.55. The molecular formula is C23H23N7O2. The van der Waals surface area contributed by atoms with Crippen molar-refractivity contribution >= 4 is 28.4 Å². The van der Waals surface area contributed by atoms with Gasteiger partial charge in [0.15, 0.2) is 0 Å². The minimum absolute atomic E-state index is 0.0390. The second-order valence-corrected chi connectivity index (χ2v) is 8.62. The fraction of sp³-hybridized carbons (Fsp3) is 0.348. The molecule has 1 N–H and O–H groups in total. The number of hydrogen-bond donors (Lipinski definition) is 1. The average molecular weight is 429 g/mol. The highest BCUT2D eigenvalue weighted by molar-refractivity contribution is 5.89. The quantitative estimate of drug-likeness (QED) is 0.533. The largest absolute Gasteiger partial charge is 0.479 e. The molecule has 0 radical (unpaired) electrons. The summed E-state index contributed by atoms with van der Waals surface area (Å²) >= 11 is 0. The molecule has 2 aliphatic rings. The third-order valence-corrected chi connectivity index (χ3v) is 6.79. The number of fused-ring (bicyclic) bond motifs is 2. The molecule has 32 heavy (non-hydrogen) atoms. The molecule has 1 aromatic carbocycles. The molecule has 0 bridgehead atoms. The summed E-state index contributed by atoms with van der Waals surface area (Å²) < 4.78 is 7.43. The third-order valence-electron chi connectivity index (χ3n) is 6.79. The van der Waals surface area contributed by atoms with Crippen molar-refractivity contribution < 1.29 is 9.53 Å². The number of ether oxygens (including phenoxy) is 1. The molecule has 4 aromatic rings. The van der Waals surface area contributed by atoms with Crippen LogP contribution in [0.15, 0.2) is 42.9 Å². The maximum Gasteiger partial charge on any atom is 0.244 e. The molecule has 0 unspecified atom stereocenters. The molecule has 1 aliphatic heterocycles. The van der Waals surface area contributed by atoms with Crippen LogP contribution in [0.25, 0.3) is 27.7 Å². The fourth-order valence-corrected chi connectivity index (χ4v) is 5.16. The number of amides is 1. The third kappa shape index (κ3) is 2.80. The summed E-state index contributed by atoms with van der Waals surface area (Å²) in [4.78, 5) is 27.1. The van der Waals surface area contributed by atoms with Crippen LogP contribution in [0.4, 0.5) is 5.95 Å². The van der Waals surface area contributed by atoms with Gasteiger partial charge in [-0.05, 0) is 43.0 Å². The number of nitrogens with one attached hydrogen (secondary N) is 1. The van der Waals surface area contributed by atoms with Gasteiger partial charge in [-0.1, -0.05) is 6.07 Å². The van der Waals surface area contributed by atoms with Gasteiger partial charge in [-0.25, -0.2) is 4.52 Å². The van der Waals surface area contributed by atoms with E-state index >= 15 is 0 Å². The summed E-state index contributed by atoms with van der Waals surface area (Å²) in [6.07, 6.45) is 8.21. The number of anilines is 1. The van der Waals surface area contributed by atoms with Crippen LogP contribution in [0.1, 0.15) is 26.2 Å². The Balaban J connectivity index is 1.29. The topological polar surface area (TPSA) is 97.5 Å². The fourth-order valence-electron chi connectivity index (χ4n) is 5.16. The van der Waals surface area contributed by atoms with Crippen LogP contribution in [0, 0.1) is 0 Å². The number of benzene rings is 1. The standard InChI is InChI=1S/C23H23N7O2/c1-14(31)29-10-6-23(29)12-16(13-23)26-22-27-21(32-2)20-17(5-9-30(20)28-22)15-3-4-18-19(11-15)25-8-7-24-18/h3-5,7-9,11,16H,6,10,12-13H2,1-2H3,(H,26,28)/t16-,23+. The van der Waals surface area contributed by atoms with E-state index in [4.69, 9.17) is 4.74 Å². The molecule has 2 fully saturated rings. The predicted octanol–water partition coefficient (Wildman–Crippen LogP) is 2.91. The molecule has 1 aliphatic carbocycles. The normalized spacial score (nSPS) is 22.1. The maximum absolute atomic E-state index is 11.8. The summed E-state index contributed by atoms with van der Waals surface area (Å²) in [5.74, 6) is 1.19. The van der Waals surface area contributed by atoms with E-state index in [1.54, 1.807) is 30.9 Å². The zero-order valence-corrected chi connectivity index (χ0v) is 17.9. The van der Waals surface area contributed by atoms with Crippen LogP contribution in [-0.4, -0.2) is 60.6 Å². The summed E-state index contributed by atoms with van der Waals surface area (Å²) in [6, 6.07) is 8.24. The lowest BCUT2D eigenvalue weighted by Gasteiger charge is -2.61. The maximum atomic E-state index is 11.8. The number of likely N-dealkylation sites (tertiary alicyclic amines) is 1. The Bertz CT molecular complexity index is 1360. The molecule has 0 atom stereocenters. The van der Waals surface area contributed by atoms with Gasteiger partial charge in [0.2, 0.25) is 17.7 Å². The number of methoxy groups -OCH3 is 1. The lowest BCUT2D eigenvalue weighted by atomic mass is 9.64. The molecule has 1 amide bonds.